The summed E-state index contributed by atoms with van der Waals surface area (Å²) in [7, 11) is 1.71. The van der Waals surface area contributed by atoms with Gasteiger partial charge in [0, 0.05) is 25.6 Å². The summed E-state index contributed by atoms with van der Waals surface area (Å²) in [6.45, 7) is 2.51. The predicted molar refractivity (Wildman–Crippen MR) is 106 cm³/mol. The fourth-order valence-electron chi connectivity index (χ4n) is 4.53. The summed E-state index contributed by atoms with van der Waals surface area (Å²) in [5.41, 5.74) is 7.22. The van der Waals surface area contributed by atoms with Crippen molar-refractivity contribution in [3.05, 3.63) is 24.3 Å². The highest BCUT2D eigenvalue weighted by Crippen LogP contribution is 2.38. The molecule has 0 bridgehead atoms. The molecule has 2 aliphatic rings. The summed E-state index contributed by atoms with van der Waals surface area (Å²) in [4.78, 5) is 14.9. The standard InChI is InChI=1S/C21H33N3O2/c1-26-19-8-4-3-7-18(19)24-13-9-17(10-14-24)23-20(25)15-21(16-22)11-5-2-6-12-21/h3-4,7-8,17H,2,5-6,9-16,22H2,1H3,(H,23,25). The number of para-hydroxylation sites is 2. The molecule has 1 aromatic rings. The van der Waals surface area contributed by atoms with Crippen LogP contribution in [-0.2, 0) is 4.79 Å². The first-order chi connectivity index (χ1) is 12.7. The van der Waals surface area contributed by atoms with Crippen LogP contribution in [-0.4, -0.2) is 38.7 Å². The van der Waals surface area contributed by atoms with Crippen LogP contribution < -0.4 is 20.7 Å². The van der Waals surface area contributed by atoms with Gasteiger partial charge < -0.3 is 20.7 Å². The van der Waals surface area contributed by atoms with Crippen molar-refractivity contribution >= 4 is 11.6 Å². The highest BCUT2D eigenvalue weighted by molar-refractivity contribution is 5.77. The maximum absolute atomic E-state index is 12.6. The van der Waals surface area contributed by atoms with Crippen molar-refractivity contribution in [2.75, 3.05) is 31.6 Å². The molecule has 144 valence electrons. The van der Waals surface area contributed by atoms with E-state index in [4.69, 9.17) is 10.5 Å². The second-order valence-electron chi connectivity index (χ2n) is 7.94. The van der Waals surface area contributed by atoms with Crippen LogP contribution in [0.4, 0.5) is 5.69 Å². The smallest absolute Gasteiger partial charge is 0.220 e. The molecule has 1 saturated heterocycles. The van der Waals surface area contributed by atoms with Gasteiger partial charge in [0.2, 0.25) is 5.91 Å². The number of ether oxygens (including phenoxy) is 1. The summed E-state index contributed by atoms with van der Waals surface area (Å²) < 4.78 is 5.47. The molecule has 1 aliphatic carbocycles. The summed E-state index contributed by atoms with van der Waals surface area (Å²) >= 11 is 0. The molecular formula is C21H33N3O2. The lowest BCUT2D eigenvalue weighted by atomic mass is 9.71. The van der Waals surface area contributed by atoms with Gasteiger partial charge in [-0.05, 0) is 49.8 Å². The van der Waals surface area contributed by atoms with Crippen LogP contribution in [0.1, 0.15) is 51.4 Å². The molecule has 1 saturated carbocycles. The Morgan fingerprint density at radius 3 is 2.58 bits per heavy atom. The van der Waals surface area contributed by atoms with Crippen molar-refractivity contribution < 1.29 is 9.53 Å². The predicted octanol–water partition coefficient (Wildman–Crippen LogP) is 3.08. The third-order valence-corrected chi connectivity index (χ3v) is 6.17. The van der Waals surface area contributed by atoms with E-state index in [0.29, 0.717) is 13.0 Å². The van der Waals surface area contributed by atoms with Crippen molar-refractivity contribution in [1.29, 1.82) is 0 Å². The summed E-state index contributed by atoms with van der Waals surface area (Å²) in [6.07, 6.45) is 8.44. The zero-order chi connectivity index (χ0) is 18.4. The molecule has 1 heterocycles. The Kier molecular flexibility index (Phi) is 6.41. The van der Waals surface area contributed by atoms with E-state index in [-0.39, 0.29) is 17.4 Å². The third-order valence-electron chi connectivity index (χ3n) is 6.17. The second-order valence-corrected chi connectivity index (χ2v) is 7.94. The summed E-state index contributed by atoms with van der Waals surface area (Å²) in [5, 5.41) is 3.27. The van der Waals surface area contributed by atoms with E-state index in [2.05, 4.69) is 16.3 Å². The molecular weight excluding hydrogens is 326 g/mol. The zero-order valence-electron chi connectivity index (χ0n) is 16.0. The quantitative estimate of drug-likeness (QED) is 0.819. The first kappa shape index (κ1) is 19.0. The molecule has 5 heteroatoms. The van der Waals surface area contributed by atoms with Gasteiger partial charge in [-0.1, -0.05) is 31.4 Å². The van der Waals surface area contributed by atoms with E-state index in [0.717, 1.165) is 50.2 Å². The van der Waals surface area contributed by atoms with E-state index in [1.165, 1.54) is 19.3 Å². The normalized spacial score (nSPS) is 20.6. The fraction of sp³-hybridized carbons (Fsp3) is 0.667. The van der Waals surface area contributed by atoms with Crippen molar-refractivity contribution in [3.63, 3.8) is 0 Å². The first-order valence-electron chi connectivity index (χ1n) is 10.0. The Bertz CT molecular complexity index is 591. The highest BCUT2D eigenvalue weighted by atomic mass is 16.5. The Morgan fingerprint density at radius 2 is 1.92 bits per heavy atom. The molecule has 2 fully saturated rings. The number of piperidine rings is 1. The molecule has 0 atom stereocenters. The molecule has 26 heavy (non-hydrogen) atoms. The fourth-order valence-corrected chi connectivity index (χ4v) is 4.53. The lowest BCUT2D eigenvalue weighted by molar-refractivity contribution is -0.124. The minimum atomic E-state index is 0.0421. The second kappa shape index (κ2) is 8.76. The largest absolute Gasteiger partial charge is 0.495 e. The van der Waals surface area contributed by atoms with Crippen molar-refractivity contribution in [3.8, 4) is 5.75 Å². The number of nitrogens with zero attached hydrogens (tertiary/aromatic N) is 1. The number of carbonyl (C=O) groups excluding carboxylic acids is 1. The number of hydrogen-bond donors (Lipinski definition) is 2. The molecule has 0 radical (unpaired) electrons. The van der Waals surface area contributed by atoms with Crippen LogP contribution in [0.2, 0.25) is 0 Å². The monoisotopic (exact) mass is 359 g/mol. The Balaban J connectivity index is 1.50. The number of amides is 1. The third kappa shape index (κ3) is 4.50. The number of anilines is 1. The lowest BCUT2D eigenvalue weighted by Gasteiger charge is -2.37. The Labute approximate surface area is 157 Å². The average Bonchev–Trinajstić information content (AvgIpc) is 2.69. The van der Waals surface area contributed by atoms with Crippen molar-refractivity contribution in [2.45, 2.75) is 57.4 Å². The molecule has 0 aromatic heterocycles. The summed E-state index contributed by atoms with van der Waals surface area (Å²) in [6, 6.07) is 8.41. The van der Waals surface area contributed by atoms with Gasteiger partial charge in [0.15, 0.2) is 0 Å². The zero-order valence-corrected chi connectivity index (χ0v) is 16.0. The maximum atomic E-state index is 12.6. The van der Waals surface area contributed by atoms with Gasteiger partial charge in [0.1, 0.15) is 5.75 Å². The van der Waals surface area contributed by atoms with Crippen LogP contribution in [0, 0.1) is 5.41 Å². The van der Waals surface area contributed by atoms with Gasteiger partial charge in [0.25, 0.3) is 0 Å². The number of methoxy groups -OCH3 is 1. The van der Waals surface area contributed by atoms with E-state index in [9.17, 15) is 4.79 Å². The van der Waals surface area contributed by atoms with Gasteiger partial charge in [-0.2, -0.15) is 0 Å². The van der Waals surface area contributed by atoms with E-state index in [1.54, 1.807) is 7.11 Å². The van der Waals surface area contributed by atoms with Crippen LogP contribution in [0.15, 0.2) is 24.3 Å². The van der Waals surface area contributed by atoms with Gasteiger partial charge in [-0.3, -0.25) is 4.79 Å². The molecule has 5 nitrogen and oxygen atoms in total. The van der Waals surface area contributed by atoms with E-state index < -0.39 is 0 Å². The molecule has 1 aliphatic heterocycles. The van der Waals surface area contributed by atoms with Crippen LogP contribution >= 0.6 is 0 Å². The van der Waals surface area contributed by atoms with Crippen LogP contribution in [0.3, 0.4) is 0 Å². The highest BCUT2D eigenvalue weighted by Gasteiger charge is 2.33. The number of hydrogen-bond acceptors (Lipinski definition) is 4. The molecule has 0 spiro atoms. The van der Waals surface area contributed by atoms with E-state index in [1.807, 2.05) is 18.2 Å². The maximum Gasteiger partial charge on any atom is 0.220 e. The SMILES string of the molecule is COc1ccccc1N1CCC(NC(=O)CC2(CN)CCCCC2)CC1. The van der Waals surface area contributed by atoms with E-state index >= 15 is 0 Å². The minimum absolute atomic E-state index is 0.0421. The molecule has 1 amide bonds. The number of benzene rings is 1. The van der Waals surface area contributed by atoms with Gasteiger partial charge in [0.05, 0.1) is 12.8 Å². The Morgan fingerprint density at radius 1 is 1.23 bits per heavy atom. The molecule has 3 rings (SSSR count). The minimum Gasteiger partial charge on any atom is -0.495 e. The van der Waals surface area contributed by atoms with Gasteiger partial charge in [-0.15, -0.1) is 0 Å². The van der Waals surface area contributed by atoms with Gasteiger partial charge >= 0.3 is 0 Å². The average molecular weight is 360 g/mol. The number of nitrogens with two attached hydrogens (primary N) is 1. The van der Waals surface area contributed by atoms with Crippen LogP contribution in [0.5, 0.6) is 5.75 Å². The number of rotatable bonds is 6. The van der Waals surface area contributed by atoms with Gasteiger partial charge in [-0.25, -0.2) is 0 Å². The number of nitrogens with one attached hydrogen (secondary N) is 1. The topological polar surface area (TPSA) is 67.6 Å². The lowest BCUT2D eigenvalue weighted by Crippen LogP contribution is -2.47. The van der Waals surface area contributed by atoms with Crippen molar-refractivity contribution in [2.24, 2.45) is 11.1 Å². The number of carbonyl (C=O) groups is 1. The molecule has 1 aromatic carbocycles. The molecule has 3 N–H and O–H groups in total. The Hall–Kier alpha value is -1.75. The van der Waals surface area contributed by atoms with Crippen molar-refractivity contribution in [1.82, 2.24) is 5.32 Å². The van der Waals surface area contributed by atoms with Crippen LogP contribution in [0.25, 0.3) is 0 Å². The first-order valence-corrected chi connectivity index (χ1v) is 10.0. The summed E-state index contributed by atoms with van der Waals surface area (Å²) in [5.74, 6) is 1.10. The molecule has 0 unspecified atom stereocenters.